The molecule has 0 radical (unpaired) electrons. The third-order valence-electron chi connectivity index (χ3n) is 5.00. The molecule has 0 atom stereocenters. The normalized spacial score (nSPS) is 14.2. The number of carbonyl (C=O) groups is 1. The molecule has 1 amide bonds. The van der Waals surface area contributed by atoms with E-state index in [1.807, 2.05) is 35.4 Å². The fourth-order valence-corrected chi connectivity index (χ4v) is 3.58. The maximum absolute atomic E-state index is 13.6. The molecule has 1 aromatic carbocycles. The molecule has 0 fully saturated rings. The Bertz CT molecular complexity index is 918. The number of aryl methyl sites for hydroxylation is 2. The molecule has 2 aromatic heterocycles. The van der Waals surface area contributed by atoms with Crippen LogP contribution in [0, 0.1) is 19.7 Å². The van der Waals surface area contributed by atoms with Gasteiger partial charge in [0.2, 0.25) is 5.91 Å². The highest BCUT2D eigenvalue weighted by atomic mass is 19.1. The van der Waals surface area contributed by atoms with Gasteiger partial charge in [-0.2, -0.15) is 0 Å². The van der Waals surface area contributed by atoms with Gasteiger partial charge in [0.05, 0.1) is 0 Å². The number of nitrogens with one attached hydrogen (secondary N) is 1. The molecule has 5 heteroatoms. The third kappa shape index (κ3) is 2.40. The predicted octanol–water partition coefficient (Wildman–Crippen LogP) is 3.31. The van der Waals surface area contributed by atoms with Gasteiger partial charge < -0.3 is 14.5 Å². The van der Waals surface area contributed by atoms with Crippen molar-refractivity contribution >= 4 is 16.8 Å². The molecule has 3 aromatic rings. The van der Waals surface area contributed by atoms with E-state index < -0.39 is 0 Å². The minimum absolute atomic E-state index is 0.105. The molecular formula is C19H20FN3O. The van der Waals surface area contributed by atoms with Gasteiger partial charge in [-0.3, -0.25) is 4.79 Å². The minimum Gasteiger partial charge on any atom is -0.358 e. The standard InChI is InChI=1S/C19H20FN3O/c1-12-3-4-13(2)23(12)11-19(24)22-8-7-18-16(10-22)15-9-14(20)5-6-17(15)21-18/h3-6,9,21H,7-8,10-11H2,1-2H3. The molecule has 4 rings (SSSR count). The number of aromatic nitrogens is 2. The Morgan fingerprint density at radius 3 is 2.71 bits per heavy atom. The van der Waals surface area contributed by atoms with E-state index in [2.05, 4.69) is 4.98 Å². The van der Waals surface area contributed by atoms with Gasteiger partial charge in [-0.05, 0) is 44.2 Å². The zero-order valence-electron chi connectivity index (χ0n) is 13.9. The topological polar surface area (TPSA) is 41.0 Å². The zero-order valence-corrected chi connectivity index (χ0v) is 13.9. The molecule has 3 heterocycles. The minimum atomic E-state index is -0.244. The quantitative estimate of drug-likeness (QED) is 0.771. The average Bonchev–Trinajstić information content (AvgIpc) is 3.08. The Kier molecular flexibility index (Phi) is 3.44. The maximum Gasteiger partial charge on any atom is 0.242 e. The molecule has 0 saturated carbocycles. The molecule has 1 aliphatic heterocycles. The summed E-state index contributed by atoms with van der Waals surface area (Å²) in [5, 5.41) is 0.885. The summed E-state index contributed by atoms with van der Waals surface area (Å²) in [6, 6.07) is 8.84. The second-order valence-corrected chi connectivity index (χ2v) is 6.54. The third-order valence-corrected chi connectivity index (χ3v) is 5.00. The summed E-state index contributed by atoms with van der Waals surface area (Å²) in [6.07, 6.45) is 0.779. The molecule has 0 bridgehead atoms. The predicted molar refractivity (Wildman–Crippen MR) is 91.3 cm³/mol. The number of halogens is 1. The van der Waals surface area contributed by atoms with Gasteiger partial charge >= 0.3 is 0 Å². The smallest absolute Gasteiger partial charge is 0.242 e. The number of carbonyl (C=O) groups excluding carboxylic acids is 1. The zero-order chi connectivity index (χ0) is 16.8. The van der Waals surface area contributed by atoms with Crippen LogP contribution in [0.1, 0.15) is 22.6 Å². The van der Waals surface area contributed by atoms with Crippen LogP contribution in [0.2, 0.25) is 0 Å². The van der Waals surface area contributed by atoms with E-state index in [4.69, 9.17) is 0 Å². The van der Waals surface area contributed by atoms with E-state index in [0.717, 1.165) is 40.0 Å². The van der Waals surface area contributed by atoms with Crippen LogP contribution in [-0.2, 0) is 24.3 Å². The van der Waals surface area contributed by atoms with E-state index in [1.54, 1.807) is 12.1 Å². The molecule has 124 valence electrons. The van der Waals surface area contributed by atoms with Crippen molar-refractivity contribution in [2.75, 3.05) is 6.54 Å². The Labute approximate surface area is 139 Å². The van der Waals surface area contributed by atoms with Crippen LogP contribution in [0.4, 0.5) is 4.39 Å². The van der Waals surface area contributed by atoms with Crippen molar-refractivity contribution in [2.45, 2.75) is 33.4 Å². The fraction of sp³-hybridized carbons (Fsp3) is 0.316. The first-order valence-corrected chi connectivity index (χ1v) is 8.22. The lowest BCUT2D eigenvalue weighted by Gasteiger charge is -2.28. The first-order chi connectivity index (χ1) is 11.5. The fourth-order valence-electron chi connectivity index (χ4n) is 3.58. The number of nitrogens with zero attached hydrogens (tertiary/aromatic N) is 2. The van der Waals surface area contributed by atoms with Crippen LogP contribution in [0.5, 0.6) is 0 Å². The number of hydrogen-bond acceptors (Lipinski definition) is 1. The van der Waals surface area contributed by atoms with Crippen LogP contribution in [0.3, 0.4) is 0 Å². The number of rotatable bonds is 2. The summed E-state index contributed by atoms with van der Waals surface area (Å²) >= 11 is 0. The van der Waals surface area contributed by atoms with Crippen LogP contribution in [0.25, 0.3) is 10.9 Å². The molecular weight excluding hydrogens is 305 g/mol. The molecule has 0 unspecified atom stereocenters. The first kappa shape index (κ1) is 15.0. The largest absolute Gasteiger partial charge is 0.358 e. The summed E-state index contributed by atoms with van der Waals surface area (Å²) < 4.78 is 15.6. The average molecular weight is 325 g/mol. The molecule has 0 saturated heterocycles. The Morgan fingerprint density at radius 1 is 1.21 bits per heavy atom. The van der Waals surface area contributed by atoms with Crippen molar-refractivity contribution in [3.63, 3.8) is 0 Å². The number of fused-ring (bicyclic) bond motifs is 3. The van der Waals surface area contributed by atoms with Gasteiger partial charge in [-0.15, -0.1) is 0 Å². The molecule has 1 aliphatic rings. The van der Waals surface area contributed by atoms with Crippen LogP contribution in [-0.4, -0.2) is 26.9 Å². The summed E-state index contributed by atoms with van der Waals surface area (Å²) in [7, 11) is 0. The number of hydrogen-bond donors (Lipinski definition) is 1. The Hall–Kier alpha value is -2.56. The van der Waals surface area contributed by atoms with Gasteiger partial charge in [-0.1, -0.05) is 0 Å². The van der Waals surface area contributed by atoms with E-state index in [9.17, 15) is 9.18 Å². The lowest BCUT2D eigenvalue weighted by molar-refractivity contribution is -0.132. The second kappa shape index (κ2) is 5.51. The van der Waals surface area contributed by atoms with E-state index >= 15 is 0 Å². The molecule has 4 nitrogen and oxygen atoms in total. The summed E-state index contributed by atoms with van der Waals surface area (Å²) in [5.41, 5.74) is 5.28. The molecule has 1 N–H and O–H groups in total. The van der Waals surface area contributed by atoms with Gasteiger partial charge in [0.1, 0.15) is 12.4 Å². The molecule has 0 aliphatic carbocycles. The van der Waals surface area contributed by atoms with Gasteiger partial charge in [0, 0.05) is 53.1 Å². The van der Waals surface area contributed by atoms with Crippen molar-refractivity contribution in [1.82, 2.24) is 14.5 Å². The SMILES string of the molecule is Cc1ccc(C)n1CC(=O)N1CCc2[nH]c3ccc(F)cc3c2C1. The lowest BCUT2D eigenvalue weighted by Crippen LogP contribution is -2.38. The first-order valence-electron chi connectivity index (χ1n) is 8.22. The highest BCUT2D eigenvalue weighted by Crippen LogP contribution is 2.28. The van der Waals surface area contributed by atoms with Crippen molar-refractivity contribution < 1.29 is 9.18 Å². The lowest BCUT2D eigenvalue weighted by atomic mass is 10.0. The van der Waals surface area contributed by atoms with Crippen molar-refractivity contribution in [2.24, 2.45) is 0 Å². The van der Waals surface area contributed by atoms with E-state index in [-0.39, 0.29) is 11.7 Å². The monoisotopic (exact) mass is 325 g/mol. The van der Waals surface area contributed by atoms with Crippen molar-refractivity contribution in [3.05, 3.63) is 58.8 Å². The highest BCUT2D eigenvalue weighted by molar-refractivity contribution is 5.86. The van der Waals surface area contributed by atoms with E-state index in [0.29, 0.717) is 19.6 Å². The van der Waals surface area contributed by atoms with Crippen LogP contribution in [0.15, 0.2) is 30.3 Å². The number of amides is 1. The summed E-state index contributed by atoms with van der Waals surface area (Å²) in [5.74, 6) is -0.139. The Morgan fingerprint density at radius 2 is 1.96 bits per heavy atom. The number of aromatic amines is 1. The second-order valence-electron chi connectivity index (χ2n) is 6.54. The van der Waals surface area contributed by atoms with Gasteiger partial charge in [0.25, 0.3) is 0 Å². The summed E-state index contributed by atoms with van der Waals surface area (Å²) in [4.78, 5) is 18.0. The molecule has 24 heavy (non-hydrogen) atoms. The van der Waals surface area contributed by atoms with Gasteiger partial charge in [0.15, 0.2) is 0 Å². The van der Waals surface area contributed by atoms with Crippen LogP contribution < -0.4 is 0 Å². The van der Waals surface area contributed by atoms with Gasteiger partial charge in [-0.25, -0.2) is 4.39 Å². The number of benzene rings is 1. The molecule has 0 spiro atoms. The highest BCUT2D eigenvalue weighted by Gasteiger charge is 2.24. The van der Waals surface area contributed by atoms with E-state index in [1.165, 1.54) is 6.07 Å². The number of H-pyrrole nitrogens is 1. The van der Waals surface area contributed by atoms with Crippen LogP contribution >= 0.6 is 0 Å². The summed E-state index contributed by atoms with van der Waals surface area (Å²) in [6.45, 7) is 5.61. The van der Waals surface area contributed by atoms with Crippen molar-refractivity contribution in [1.29, 1.82) is 0 Å². The van der Waals surface area contributed by atoms with Crippen molar-refractivity contribution in [3.8, 4) is 0 Å². The maximum atomic E-state index is 13.6. The Balaban J connectivity index is 1.60.